The van der Waals surface area contributed by atoms with Crippen molar-refractivity contribution in [2.24, 2.45) is 0 Å². The predicted octanol–water partition coefficient (Wildman–Crippen LogP) is 3.76. The van der Waals surface area contributed by atoms with Gasteiger partial charge < -0.3 is 10.1 Å². The molecular weight excluding hydrogens is 276 g/mol. The number of aromatic nitrogens is 1. The molecule has 20 heavy (non-hydrogen) atoms. The predicted molar refractivity (Wildman–Crippen MR) is 79.4 cm³/mol. The van der Waals surface area contributed by atoms with Crippen LogP contribution in [0.2, 0.25) is 5.02 Å². The molecule has 1 N–H and O–H groups in total. The molecule has 0 aliphatic heterocycles. The molecule has 0 saturated carbocycles. The van der Waals surface area contributed by atoms with E-state index in [1.807, 2.05) is 30.3 Å². The topological polar surface area (TPSA) is 51.2 Å². The molecule has 1 heterocycles. The van der Waals surface area contributed by atoms with Crippen LogP contribution < -0.4 is 5.32 Å². The lowest BCUT2D eigenvalue weighted by molar-refractivity contribution is -0.141. The number of ether oxygens (including phenoxy) is 1. The number of hydrogen-bond acceptors (Lipinski definition) is 4. The molecule has 2 aromatic rings. The first-order valence-corrected chi connectivity index (χ1v) is 6.55. The molecule has 1 aromatic carbocycles. The number of nitrogens with one attached hydrogen (secondary N) is 1. The Hall–Kier alpha value is -2.07. The van der Waals surface area contributed by atoms with Gasteiger partial charge in [0.05, 0.1) is 23.7 Å². The summed E-state index contributed by atoms with van der Waals surface area (Å²) in [6.07, 6.45) is 1.70. The van der Waals surface area contributed by atoms with Crippen molar-refractivity contribution >= 4 is 29.1 Å². The van der Waals surface area contributed by atoms with Crippen LogP contribution in [0.3, 0.4) is 0 Å². The largest absolute Gasteiger partial charge is 0.469 e. The third kappa shape index (κ3) is 3.27. The van der Waals surface area contributed by atoms with Crippen LogP contribution in [0.4, 0.5) is 11.5 Å². The minimum absolute atomic E-state index is 0.286. The molecule has 0 radical (unpaired) electrons. The van der Waals surface area contributed by atoms with Gasteiger partial charge in [-0.25, -0.2) is 4.98 Å². The lowest BCUT2D eigenvalue weighted by Crippen LogP contribution is -2.10. The summed E-state index contributed by atoms with van der Waals surface area (Å²) in [5.41, 5.74) is 1.56. The molecular formula is C15H15ClN2O2. The molecule has 0 fully saturated rings. The quantitative estimate of drug-likeness (QED) is 0.871. The highest BCUT2D eigenvalue weighted by Gasteiger charge is 2.16. The number of hydrogen-bond donors (Lipinski definition) is 1. The Balaban J connectivity index is 2.20. The number of anilines is 2. The monoisotopic (exact) mass is 290 g/mol. The minimum atomic E-state index is -0.346. The number of esters is 1. The lowest BCUT2D eigenvalue weighted by Gasteiger charge is -2.12. The smallest absolute Gasteiger partial charge is 0.312 e. The second kappa shape index (κ2) is 6.39. The third-order valence-corrected chi connectivity index (χ3v) is 3.29. The molecule has 1 aromatic heterocycles. The van der Waals surface area contributed by atoms with Gasteiger partial charge in [0, 0.05) is 6.20 Å². The van der Waals surface area contributed by atoms with Crippen molar-refractivity contribution in [3.05, 3.63) is 53.2 Å². The Labute approximate surface area is 122 Å². The van der Waals surface area contributed by atoms with Crippen molar-refractivity contribution in [3.8, 4) is 0 Å². The zero-order chi connectivity index (χ0) is 14.5. The van der Waals surface area contributed by atoms with Crippen LogP contribution in [0.5, 0.6) is 0 Å². The first-order valence-electron chi connectivity index (χ1n) is 6.17. The molecule has 104 valence electrons. The van der Waals surface area contributed by atoms with E-state index in [9.17, 15) is 4.79 Å². The maximum absolute atomic E-state index is 11.5. The fourth-order valence-corrected chi connectivity index (χ4v) is 2.03. The molecule has 0 saturated heterocycles. The fourth-order valence-electron chi connectivity index (χ4n) is 1.79. The summed E-state index contributed by atoms with van der Waals surface area (Å²) in [6.45, 7) is 1.78. The molecule has 4 nitrogen and oxygen atoms in total. The normalized spacial score (nSPS) is 11.8. The van der Waals surface area contributed by atoms with Crippen LogP contribution in [-0.2, 0) is 9.53 Å². The number of nitrogens with zero attached hydrogens (tertiary/aromatic N) is 1. The molecule has 2 rings (SSSR count). The molecule has 0 amide bonds. The lowest BCUT2D eigenvalue weighted by atomic mass is 10.0. The zero-order valence-corrected chi connectivity index (χ0v) is 12.0. The van der Waals surface area contributed by atoms with Crippen LogP contribution in [0.15, 0.2) is 42.6 Å². The van der Waals surface area contributed by atoms with Gasteiger partial charge in [0.15, 0.2) is 0 Å². The van der Waals surface area contributed by atoms with E-state index in [1.165, 1.54) is 7.11 Å². The Kier molecular flexibility index (Phi) is 4.58. The Bertz CT molecular complexity index is 602. The number of rotatable bonds is 4. The van der Waals surface area contributed by atoms with Crippen molar-refractivity contribution in [2.45, 2.75) is 12.8 Å². The summed E-state index contributed by atoms with van der Waals surface area (Å²) in [5.74, 6) is 0.0797. The van der Waals surface area contributed by atoms with Gasteiger partial charge in [0.25, 0.3) is 0 Å². The summed E-state index contributed by atoms with van der Waals surface area (Å²) < 4.78 is 4.72. The van der Waals surface area contributed by atoms with Crippen LogP contribution in [0, 0.1) is 0 Å². The standard InChI is InChI=1S/C15H15ClN2O2/c1-10(15(19)20-2)11-6-7-13(12(16)9-11)18-14-5-3-4-8-17-14/h3-10H,1-2H3,(H,17,18)/t10-/m0/s1. The van der Waals surface area contributed by atoms with Crippen molar-refractivity contribution < 1.29 is 9.53 Å². The highest BCUT2D eigenvalue weighted by Crippen LogP contribution is 2.29. The Morgan fingerprint density at radius 3 is 2.75 bits per heavy atom. The highest BCUT2D eigenvalue weighted by atomic mass is 35.5. The van der Waals surface area contributed by atoms with Crippen molar-refractivity contribution in [1.82, 2.24) is 4.98 Å². The summed E-state index contributed by atoms with van der Waals surface area (Å²) in [4.78, 5) is 15.7. The van der Waals surface area contributed by atoms with E-state index >= 15 is 0 Å². The van der Waals surface area contributed by atoms with Gasteiger partial charge in [-0.3, -0.25) is 4.79 Å². The number of methoxy groups -OCH3 is 1. The third-order valence-electron chi connectivity index (χ3n) is 2.98. The summed E-state index contributed by atoms with van der Waals surface area (Å²) in [5, 5.41) is 3.65. The first kappa shape index (κ1) is 14.3. The Morgan fingerprint density at radius 1 is 1.35 bits per heavy atom. The molecule has 1 atom stereocenters. The number of benzene rings is 1. The van der Waals surface area contributed by atoms with Crippen LogP contribution in [0.25, 0.3) is 0 Å². The second-order valence-corrected chi connectivity index (χ2v) is 4.73. The molecule has 0 aliphatic rings. The van der Waals surface area contributed by atoms with Gasteiger partial charge >= 0.3 is 5.97 Å². The zero-order valence-electron chi connectivity index (χ0n) is 11.3. The van der Waals surface area contributed by atoms with Crippen LogP contribution in [0.1, 0.15) is 18.4 Å². The van der Waals surface area contributed by atoms with E-state index in [-0.39, 0.29) is 11.9 Å². The van der Waals surface area contributed by atoms with Gasteiger partial charge in [-0.15, -0.1) is 0 Å². The first-order chi connectivity index (χ1) is 9.61. The van der Waals surface area contributed by atoms with Crippen LogP contribution >= 0.6 is 11.6 Å². The van der Waals surface area contributed by atoms with E-state index in [0.29, 0.717) is 10.8 Å². The molecule has 0 aliphatic carbocycles. The van der Waals surface area contributed by atoms with E-state index in [4.69, 9.17) is 16.3 Å². The molecule has 5 heteroatoms. The second-order valence-electron chi connectivity index (χ2n) is 4.32. The maximum atomic E-state index is 11.5. The van der Waals surface area contributed by atoms with Crippen molar-refractivity contribution in [2.75, 3.05) is 12.4 Å². The van der Waals surface area contributed by atoms with E-state index < -0.39 is 0 Å². The fraction of sp³-hybridized carbons (Fsp3) is 0.200. The molecule has 0 unspecified atom stereocenters. The van der Waals surface area contributed by atoms with Crippen LogP contribution in [-0.4, -0.2) is 18.1 Å². The van der Waals surface area contributed by atoms with Gasteiger partial charge in [0.1, 0.15) is 5.82 Å². The Morgan fingerprint density at radius 2 is 2.15 bits per heavy atom. The van der Waals surface area contributed by atoms with E-state index in [0.717, 1.165) is 11.3 Å². The van der Waals surface area contributed by atoms with Crippen molar-refractivity contribution in [1.29, 1.82) is 0 Å². The number of carbonyl (C=O) groups is 1. The summed E-state index contributed by atoms with van der Waals surface area (Å²) in [7, 11) is 1.37. The number of carbonyl (C=O) groups excluding carboxylic acids is 1. The highest BCUT2D eigenvalue weighted by molar-refractivity contribution is 6.33. The van der Waals surface area contributed by atoms with E-state index in [2.05, 4.69) is 10.3 Å². The molecule has 0 spiro atoms. The van der Waals surface area contributed by atoms with Gasteiger partial charge in [-0.2, -0.15) is 0 Å². The maximum Gasteiger partial charge on any atom is 0.312 e. The van der Waals surface area contributed by atoms with Gasteiger partial charge in [-0.05, 0) is 36.8 Å². The van der Waals surface area contributed by atoms with Gasteiger partial charge in [-0.1, -0.05) is 23.7 Å². The molecule has 0 bridgehead atoms. The average molecular weight is 291 g/mol. The minimum Gasteiger partial charge on any atom is -0.469 e. The van der Waals surface area contributed by atoms with Crippen molar-refractivity contribution in [3.63, 3.8) is 0 Å². The summed E-state index contributed by atoms with van der Waals surface area (Å²) in [6, 6.07) is 11.0. The SMILES string of the molecule is COC(=O)[C@@H](C)c1ccc(Nc2ccccn2)c(Cl)c1. The van der Waals surface area contributed by atoms with E-state index in [1.54, 1.807) is 19.2 Å². The van der Waals surface area contributed by atoms with Gasteiger partial charge in [0.2, 0.25) is 0 Å². The number of halogens is 1. The summed E-state index contributed by atoms with van der Waals surface area (Å²) >= 11 is 6.23. The number of pyridine rings is 1. The average Bonchev–Trinajstić information content (AvgIpc) is 2.48.